The maximum Gasteiger partial charge on any atom is 0.253 e. The summed E-state index contributed by atoms with van der Waals surface area (Å²) in [6, 6.07) is 13.5. The number of aryl methyl sites for hydroxylation is 1. The molecule has 0 atom stereocenters. The third-order valence-electron chi connectivity index (χ3n) is 5.75. The minimum Gasteiger partial charge on any atom is -0.490 e. The number of rotatable bonds is 5. The predicted octanol–water partition coefficient (Wildman–Crippen LogP) is 3.41. The Morgan fingerprint density at radius 1 is 0.935 bits per heavy atom. The van der Waals surface area contributed by atoms with Crippen LogP contribution in [0.3, 0.4) is 0 Å². The summed E-state index contributed by atoms with van der Waals surface area (Å²) in [7, 11) is 0. The Labute approximate surface area is 183 Å². The van der Waals surface area contributed by atoms with Crippen LogP contribution < -0.4 is 9.47 Å². The maximum absolute atomic E-state index is 13.0. The number of hydrogen-bond donors (Lipinski definition) is 0. The van der Waals surface area contributed by atoms with Crippen molar-refractivity contribution in [2.24, 2.45) is 0 Å². The maximum atomic E-state index is 13.0. The van der Waals surface area contributed by atoms with Gasteiger partial charge in [0.1, 0.15) is 6.61 Å². The Hall–Kier alpha value is -3.28. The summed E-state index contributed by atoms with van der Waals surface area (Å²) < 4.78 is 11.5. The molecule has 31 heavy (non-hydrogen) atoms. The van der Waals surface area contributed by atoms with Gasteiger partial charge in [0.15, 0.2) is 11.5 Å². The van der Waals surface area contributed by atoms with Crippen LogP contribution in [0.15, 0.2) is 48.0 Å². The van der Waals surface area contributed by atoms with Crippen LogP contribution in [0.5, 0.6) is 11.5 Å². The molecule has 2 aliphatic rings. The van der Waals surface area contributed by atoms with E-state index < -0.39 is 0 Å². The molecule has 0 N–H and O–H groups in total. The highest BCUT2D eigenvalue weighted by atomic mass is 16.5. The van der Waals surface area contributed by atoms with Crippen LogP contribution in [-0.2, 0) is 11.2 Å². The molecule has 0 spiro atoms. The molecule has 2 aromatic rings. The van der Waals surface area contributed by atoms with Gasteiger partial charge >= 0.3 is 0 Å². The van der Waals surface area contributed by atoms with Gasteiger partial charge in [-0.2, -0.15) is 0 Å². The van der Waals surface area contributed by atoms with Crippen LogP contribution in [0.1, 0.15) is 35.3 Å². The third kappa shape index (κ3) is 4.43. The smallest absolute Gasteiger partial charge is 0.253 e. The second-order valence-electron chi connectivity index (χ2n) is 7.70. The predicted molar refractivity (Wildman–Crippen MR) is 119 cm³/mol. The van der Waals surface area contributed by atoms with E-state index in [4.69, 9.17) is 9.47 Å². The number of amides is 2. The first kappa shape index (κ1) is 21.0. The lowest BCUT2D eigenvalue weighted by Gasteiger charge is -2.35. The molecule has 6 nitrogen and oxygen atoms in total. The number of ether oxygens (including phenoxy) is 2. The van der Waals surface area contributed by atoms with Gasteiger partial charge in [0, 0.05) is 37.3 Å². The molecular formula is C25H28N2O4. The fraction of sp³-hybridized carbons (Fsp3) is 0.360. The number of fused-ring (bicyclic) bond motifs is 1. The number of piperazine rings is 1. The molecule has 0 saturated carbocycles. The van der Waals surface area contributed by atoms with Crippen molar-refractivity contribution >= 4 is 17.9 Å². The first-order chi connectivity index (χ1) is 15.1. The van der Waals surface area contributed by atoms with Gasteiger partial charge in [-0.15, -0.1) is 0 Å². The van der Waals surface area contributed by atoms with Crippen LogP contribution in [0.25, 0.3) is 6.08 Å². The summed E-state index contributed by atoms with van der Waals surface area (Å²) >= 11 is 0. The largest absolute Gasteiger partial charge is 0.490 e. The third-order valence-corrected chi connectivity index (χ3v) is 5.75. The average Bonchev–Trinajstić information content (AvgIpc) is 2.83. The lowest BCUT2D eigenvalue weighted by molar-refractivity contribution is -0.128. The highest BCUT2D eigenvalue weighted by molar-refractivity contribution is 5.99. The summed E-state index contributed by atoms with van der Waals surface area (Å²) in [6.45, 7) is 6.88. The molecule has 2 amide bonds. The number of benzene rings is 2. The van der Waals surface area contributed by atoms with Gasteiger partial charge in [-0.25, -0.2) is 0 Å². The van der Waals surface area contributed by atoms with Crippen molar-refractivity contribution in [3.63, 3.8) is 0 Å². The molecule has 0 radical (unpaired) electrons. The Balaban J connectivity index is 1.39. The van der Waals surface area contributed by atoms with Crippen molar-refractivity contribution in [3.05, 3.63) is 64.7 Å². The monoisotopic (exact) mass is 420 g/mol. The number of carbonyl (C=O) groups excluding carboxylic acids is 2. The van der Waals surface area contributed by atoms with E-state index in [1.165, 1.54) is 5.56 Å². The van der Waals surface area contributed by atoms with Gasteiger partial charge in [0.05, 0.1) is 12.2 Å². The van der Waals surface area contributed by atoms with Crippen molar-refractivity contribution in [3.8, 4) is 11.5 Å². The van der Waals surface area contributed by atoms with E-state index >= 15 is 0 Å². The molecule has 2 heterocycles. The van der Waals surface area contributed by atoms with Gasteiger partial charge < -0.3 is 19.3 Å². The SMILES string of the molecule is CCOc1cccc2c1OCC(C(=O)N1CCN(C(=O)c3ccc(CC)cc3)CC1)=C2. The molecule has 6 heteroatoms. The number of nitrogens with zero attached hydrogens (tertiary/aromatic N) is 2. The van der Waals surface area contributed by atoms with Crippen molar-refractivity contribution in [2.45, 2.75) is 20.3 Å². The van der Waals surface area contributed by atoms with Crippen molar-refractivity contribution < 1.29 is 19.1 Å². The van der Waals surface area contributed by atoms with Crippen LogP contribution in [0, 0.1) is 0 Å². The second-order valence-corrected chi connectivity index (χ2v) is 7.70. The van der Waals surface area contributed by atoms with Crippen LogP contribution in [-0.4, -0.2) is 61.0 Å². The van der Waals surface area contributed by atoms with Crippen LogP contribution in [0.2, 0.25) is 0 Å². The van der Waals surface area contributed by atoms with Gasteiger partial charge in [-0.3, -0.25) is 9.59 Å². The quantitative estimate of drug-likeness (QED) is 0.744. The number of hydrogen-bond acceptors (Lipinski definition) is 4. The fourth-order valence-corrected chi connectivity index (χ4v) is 3.95. The minimum atomic E-state index is -0.0353. The lowest BCUT2D eigenvalue weighted by atomic mass is 10.1. The Morgan fingerprint density at radius 3 is 2.26 bits per heavy atom. The molecule has 0 bridgehead atoms. The van der Waals surface area contributed by atoms with Crippen molar-refractivity contribution in [1.82, 2.24) is 9.80 Å². The Kier molecular flexibility index (Phi) is 6.26. The molecule has 0 aromatic heterocycles. The second kappa shape index (κ2) is 9.25. The molecule has 4 rings (SSSR count). The lowest BCUT2D eigenvalue weighted by Crippen LogP contribution is -2.51. The van der Waals surface area contributed by atoms with Gasteiger partial charge in [-0.05, 0) is 43.2 Å². The molecule has 1 saturated heterocycles. The molecule has 2 aromatic carbocycles. The van der Waals surface area contributed by atoms with E-state index in [1.807, 2.05) is 60.4 Å². The highest BCUT2D eigenvalue weighted by Gasteiger charge is 2.28. The molecule has 0 unspecified atom stereocenters. The van der Waals surface area contributed by atoms with Gasteiger partial charge in [0.2, 0.25) is 0 Å². The zero-order valence-corrected chi connectivity index (χ0v) is 18.1. The van der Waals surface area contributed by atoms with E-state index in [1.54, 1.807) is 4.90 Å². The van der Waals surface area contributed by atoms with E-state index in [0.717, 1.165) is 12.0 Å². The van der Waals surface area contributed by atoms with E-state index in [-0.39, 0.29) is 18.4 Å². The zero-order valence-electron chi connectivity index (χ0n) is 18.1. The van der Waals surface area contributed by atoms with E-state index in [0.29, 0.717) is 55.4 Å². The molecule has 2 aliphatic heterocycles. The van der Waals surface area contributed by atoms with E-state index in [9.17, 15) is 9.59 Å². The topological polar surface area (TPSA) is 59.1 Å². The Bertz CT molecular complexity index is 989. The van der Waals surface area contributed by atoms with Crippen molar-refractivity contribution in [2.75, 3.05) is 39.4 Å². The van der Waals surface area contributed by atoms with Crippen molar-refractivity contribution in [1.29, 1.82) is 0 Å². The molecule has 1 fully saturated rings. The number of para-hydroxylation sites is 1. The standard InChI is InChI=1S/C25H28N2O4/c1-3-18-8-10-19(11-9-18)24(28)26-12-14-27(15-13-26)25(29)21-16-20-6-5-7-22(30-4-2)23(20)31-17-21/h5-11,16H,3-4,12-15,17H2,1-2H3. The highest BCUT2D eigenvalue weighted by Crippen LogP contribution is 2.36. The summed E-state index contributed by atoms with van der Waals surface area (Å²) in [5.41, 5.74) is 3.38. The van der Waals surface area contributed by atoms with Crippen LogP contribution in [0.4, 0.5) is 0 Å². The molecule has 162 valence electrons. The summed E-state index contributed by atoms with van der Waals surface area (Å²) in [4.78, 5) is 29.4. The molecular weight excluding hydrogens is 392 g/mol. The summed E-state index contributed by atoms with van der Waals surface area (Å²) in [5.74, 6) is 1.37. The van der Waals surface area contributed by atoms with Crippen LogP contribution >= 0.6 is 0 Å². The molecule has 0 aliphatic carbocycles. The Morgan fingerprint density at radius 2 is 1.61 bits per heavy atom. The van der Waals surface area contributed by atoms with E-state index in [2.05, 4.69) is 6.92 Å². The fourth-order valence-electron chi connectivity index (χ4n) is 3.95. The summed E-state index contributed by atoms with van der Waals surface area (Å²) in [5, 5.41) is 0. The van der Waals surface area contributed by atoms with Gasteiger partial charge in [0.25, 0.3) is 11.8 Å². The van der Waals surface area contributed by atoms with Gasteiger partial charge in [-0.1, -0.05) is 31.2 Å². The number of carbonyl (C=O) groups is 2. The first-order valence-corrected chi connectivity index (χ1v) is 10.9. The summed E-state index contributed by atoms with van der Waals surface area (Å²) in [6.07, 6.45) is 2.84. The first-order valence-electron chi connectivity index (χ1n) is 10.9. The minimum absolute atomic E-state index is 0.0207. The zero-order chi connectivity index (χ0) is 21.8. The average molecular weight is 421 g/mol. The normalized spacial score (nSPS) is 15.6.